The highest BCUT2D eigenvalue weighted by Crippen LogP contribution is 2.21. The number of aromatic nitrogens is 2. The summed E-state index contributed by atoms with van der Waals surface area (Å²) in [4.78, 5) is 4.33. The molecular weight excluding hydrogens is 385 g/mol. The van der Waals surface area contributed by atoms with Crippen molar-refractivity contribution < 1.29 is 8.78 Å². The Bertz CT molecular complexity index is 783. The molecule has 1 aromatic heterocycles. The normalized spacial score (nSPS) is 10.8. The SMILES string of the molecule is Fc1ccc(Cn2ccnc2-c2cccc(I)c2)c(F)c1. The van der Waals surface area contributed by atoms with Gasteiger partial charge in [-0.25, -0.2) is 13.8 Å². The van der Waals surface area contributed by atoms with Crippen molar-refractivity contribution in [2.45, 2.75) is 6.54 Å². The number of nitrogens with zero attached hydrogens (tertiary/aromatic N) is 2. The van der Waals surface area contributed by atoms with Gasteiger partial charge in [-0.1, -0.05) is 18.2 Å². The van der Waals surface area contributed by atoms with Crippen LogP contribution in [0.3, 0.4) is 0 Å². The summed E-state index contributed by atoms with van der Waals surface area (Å²) in [6, 6.07) is 11.6. The third kappa shape index (κ3) is 3.12. The molecule has 0 N–H and O–H groups in total. The minimum atomic E-state index is -0.570. The quantitative estimate of drug-likeness (QED) is 0.597. The monoisotopic (exact) mass is 396 g/mol. The van der Waals surface area contributed by atoms with Gasteiger partial charge >= 0.3 is 0 Å². The van der Waals surface area contributed by atoms with Crippen LogP contribution in [-0.2, 0) is 6.54 Å². The van der Waals surface area contributed by atoms with E-state index in [0.717, 1.165) is 21.0 Å². The van der Waals surface area contributed by atoms with E-state index in [1.807, 2.05) is 28.8 Å². The fourth-order valence-corrected chi connectivity index (χ4v) is 2.70. The number of imidazole rings is 1. The molecule has 0 aliphatic heterocycles. The maximum Gasteiger partial charge on any atom is 0.140 e. The van der Waals surface area contributed by atoms with Crippen LogP contribution in [0.15, 0.2) is 54.9 Å². The number of halogens is 3. The Hall–Kier alpha value is -1.76. The Kier molecular flexibility index (Phi) is 4.01. The molecule has 0 bridgehead atoms. The summed E-state index contributed by atoms with van der Waals surface area (Å²) in [5, 5.41) is 0. The van der Waals surface area contributed by atoms with Crippen LogP contribution in [0.25, 0.3) is 11.4 Å². The lowest BCUT2D eigenvalue weighted by atomic mass is 10.2. The Labute approximate surface area is 134 Å². The summed E-state index contributed by atoms with van der Waals surface area (Å²) in [5.74, 6) is -0.353. The van der Waals surface area contributed by atoms with Gasteiger partial charge in [0.25, 0.3) is 0 Å². The number of rotatable bonds is 3. The molecule has 3 aromatic rings. The largest absolute Gasteiger partial charge is 0.326 e. The average Bonchev–Trinajstić information content (AvgIpc) is 2.90. The topological polar surface area (TPSA) is 17.8 Å². The van der Waals surface area contributed by atoms with Gasteiger partial charge in [0, 0.05) is 33.2 Å². The minimum absolute atomic E-state index is 0.312. The predicted octanol–water partition coefficient (Wildman–Crippen LogP) is 4.48. The van der Waals surface area contributed by atoms with E-state index in [9.17, 15) is 8.78 Å². The molecule has 3 rings (SSSR count). The number of hydrogen-bond acceptors (Lipinski definition) is 1. The minimum Gasteiger partial charge on any atom is -0.326 e. The van der Waals surface area contributed by atoms with Gasteiger partial charge in [-0.15, -0.1) is 0 Å². The molecule has 0 fully saturated rings. The zero-order chi connectivity index (χ0) is 14.8. The van der Waals surface area contributed by atoms with Crippen molar-refractivity contribution in [1.29, 1.82) is 0 Å². The zero-order valence-electron chi connectivity index (χ0n) is 10.9. The van der Waals surface area contributed by atoms with E-state index < -0.39 is 11.6 Å². The first kappa shape index (κ1) is 14.2. The highest BCUT2D eigenvalue weighted by molar-refractivity contribution is 14.1. The van der Waals surface area contributed by atoms with E-state index in [1.165, 1.54) is 12.1 Å². The van der Waals surface area contributed by atoms with Crippen molar-refractivity contribution >= 4 is 22.6 Å². The predicted molar refractivity (Wildman–Crippen MR) is 85.8 cm³/mol. The molecule has 0 radical (unpaired) electrons. The van der Waals surface area contributed by atoms with Crippen LogP contribution >= 0.6 is 22.6 Å². The summed E-state index contributed by atoms with van der Waals surface area (Å²) >= 11 is 2.24. The first-order valence-corrected chi connectivity index (χ1v) is 7.42. The Morgan fingerprint density at radius 1 is 1.10 bits per heavy atom. The van der Waals surface area contributed by atoms with Crippen LogP contribution < -0.4 is 0 Å². The molecular formula is C16H11F2IN2. The van der Waals surface area contributed by atoms with Gasteiger partial charge in [0.2, 0.25) is 0 Å². The fraction of sp³-hybridized carbons (Fsp3) is 0.0625. The van der Waals surface area contributed by atoms with Crippen molar-refractivity contribution in [2.24, 2.45) is 0 Å². The maximum atomic E-state index is 13.8. The summed E-state index contributed by atoms with van der Waals surface area (Å²) in [6.07, 6.45) is 3.47. The molecule has 2 nitrogen and oxygen atoms in total. The lowest BCUT2D eigenvalue weighted by molar-refractivity contribution is 0.566. The smallest absolute Gasteiger partial charge is 0.140 e. The second kappa shape index (κ2) is 5.93. The average molecular weight is 396 g/mol. The van der Waals surface area contributed by atoms with E-state index in [4.69, 9.17) is 0 Å². The molecule has 106 valence electrons. The zero-order valence-corrected chi connectivity index (χ0v) is 13.1. The van der Waals surface area contributed by atoms with Gasteiger partial charge < -0.3 is 4.57 Å². The Morgan fingerprint density at radius 2 is 1.95 bits per heavy atom. The molecule has 2 aromatic carbocycles. The van der Waals surface area contributed by atoms with Crippen LogP contribution in [0, 0.1) is 15.2 Å². The van der Waals surface area contributed by atoms with Gasteiger partial charge in [0.1, 0.15) is 17.5 Å². The van der Waals surface area contributed by atoms with E-state index in [1.54, 1.807) is 12.4 Å². The Morgan fingerprint density at radius 3 is 2.71 bits per heavy atom. The van der Waals surface area contributed by atoms with Crippen molar-refractivity contribution in [3.05, 3.63) is 75.6 Å². The highest BCUT2D eigenvalue weighted by Gasteiger charge is 2.10. The summed E-state index contributed by atoms with van der Waals surface area (Å²) in [5.41, 5.74) is 1.40. The van der Waals surface area contributed by atoms with Crippen molar-refractivity contribution in [3.8, 4) is 11.4 Å². The summed E-state index contributed by atoms with van der Waals surface area (Å²) in [7, 11) is 0. The lowest BCUT2D eigenvalue weighted by Crippen LogP contribution is -2.03. The van der Waals surface area contributed by atoms with E-state index >= 15 is 0 Å². The third-order valence-corrected chi connectivity index (χ3v) is 3.83. The molecule has 5 heteroatoms. The second-order valence-electron chi connectivity index (χ2n) is 4.62. The standard InChI is InChI=1S/C16H11F2IN2/c17-13-5-4-12(15(18)9-13)10-21-7-6-20-16(21)11-2-1-3-14(19)8-11/h1-9H,10H2. The molecule has 0 saturated carbocycles. The molecule has 21 heavy (non-hydrogen) atoms. The van der Waals surface area contributed by atoms with Crippen LogP contribution in [0.5, 0.6) is 0 Å². The maximum absolute atomic E-state index is 13.8. The van der Waals surface area contributed by atoms with Gasteiger partial charge in [0.15, 0.2) is 0 Å². The van der Waals surface area contributed by atoms with Crippen molar-refractivity contribution in [3.63, 3.8) is 0 Å². The number of hydrogen-bond donors (Lipinski definition) is 0. The highest BCUT2D eigenvalue weighted by atomic mass is 127. The van der Waals surface area contributed by atoms with Gasteiger partial charge in [-0.3, -0.25) is 0 Å². The van der Waals surface area contributed by atoms with Gasteiger partial charge in [-0.05, 0) is 40.8 Å². The molecule has 0 saturated heterocycles. The summed E-state index contributed by atoms with van der Waals surface area (Å²) in [6.45, 7) is 0.312. The van der Waals surface area contributed by atoms with Crippen LogP contribution in [-0.4, -0.2) is 9.55 Å². The van der Waals surface area contributed by atoms with Crippen molar-refractivity contribution in [2.75, 3.05) is 0 Å². The number of benzene rings is 2. The first-order valence-electron chi connectivity index (χ1n) is 6.34. The van der Waals surface area contributed by atoms with Crippen LogP contribution in [0.2, 0.25) is 0 Å². The lowest BCUT2D eigenvalue weighted by Gasteiger charge is -2.09. The molecule has 0 spiro atoms. The molecule has 0 aliphatic carbocycles. The van der Waals surface area contributed by atoms with Gasteiger partial charge in [-0.2, -0.15) is 0 Å². The summed E-state index contributed by atoms with van der Waals surface area (Å²) < 4.78 is 29.7. The molecule has 0 aliphatic rings. The van der Waals surface area contributed by atoms with Crippen molar-refractivity contribution in [1.82, 2.24) is 9.55 Å². The van der Waals surface area contributed by atoms with Crippen LogP contribution in [0.1, 0.15) is 5.56 Å². The molecule has 0 amide bonds. The van der Waals surface area contributed by atoms with E-state index in [0.29, 0.717) is 12.1 Å². The fourth-order valence-electron chi connectivity index (χ4n) is 2.16. The molecule has 0 unspecified atom stereocenters. The first-order chi connectivity index (χ1) is 10.1. The van der Waals surface area contributed by atoms with E-state index in [-0.39, 0.29) is 0 Å². The van der Waals surface area contributed by atoms with Crippen LogP contribution in [0.4, 0.5) is 8.78 Å². The Balaban J connectivity index is 1.96. The molecule has 1 heterocycles. The van der Waals surface area contributed by atoms with Gasteiger partial charge in [0.05, 0.1) is 6.54 Å². The third-order valence-electron chi connectivity index (χ3n) is 3.15. The van der Waals surface area contributed by atoms with E-state index in [2.05, 4.69) is 27.6 Å². The second-order valence-corrected chi connectivity index (χ2v) is 5.87. The molecule has 0 atom stereocenters.